The summed E-state index contributed by atoms with van der Waals surface area (Å²) in [6.45, 7) is 6.37. The van der Waals surface area contributed by atoms with E-state index in [1.165, 1.54) is 0 Å². The van der Waals surface area contributed by atoms with Crippen molar-refractivity contribution in [2.24, 2.45) is 0 Å². The summed E-state index contributed by atoms with van der Waals surface area (Å²) in [6, 6.07) is 0. The van der Waals surface area contributed by atoms with Crippen LogP contribution in [0.3, 0.4) is 0 Å². The first-order valence-corrected chi connectivity index (χ1v) is 16.9. The zero-order valence-electron chi connectivity index (χ0n) is 19.5. The molecule has 32 heavy (non-hydrogen) atoms. The van der Waals surface area contributed by atoms with Gasteiger partial charge in [-0.05, 0) is 43.9 Å². The van der Waals surface area contributed by atoms with E-state index in [1.807, 2.05) is 27.7 Å². The minimum Gasteiger partial charge on any atom is -0.307 e. The molecule has 5 unspecified atom stereocenters. The van der Waals surface area contributed by atoms with E-state index < -0.39 is 20.2 Å². The van der Waals surface area contributed by atoms with Gasteiger partial charge >= 0.3 is 14.3 Å². The average Bonchev–Trinajstić information content (AvgIpc) is 2.81. The molecule has 0 aliphatic carbocycles. The van der Waals surface area contributed by atoms with Crippen molar-refractivity contribution >= 4 is 72.5 Å². The quantitative estimate of drug-likeness (QED) is 0.103. The van der Waals surface area contributed by atoms with E-state index in [4.69, 9.17) is 80.8 Å². The molecule has 0 aromatic rings. The van der Waals surface area contributed by atoms with Gasteiger partial charge in [-0.25, -0.2) is 0 Å². The Labute approximate surface area is 219 Å². The summed E-state index contributed by atoms with van der Waals surface area (Å²) in [5.41, 5.74) is 0. The molecule has 0 radical (unpaired) electrons. The third-order valence-corrected chi connectivity index (χ3v) is 10.9. The van der Waals surface area contributed by atoms with E-state index in [2.05, 4.69) is 0 Å². The van der Waals surface area contributed by atoms with Gasteiger partial charge in [-0.1, -0.05) is 34.6 Å². The fraction of sp³-hybridized carbons (Fsp3) is 1.00. The van der Waals surface area contributed by atoms with E-state index in [0.29, 0.717) is 25.7 Å². The van der Waals surface area contributed by atoms with Crippen LogP contribution < -0.4 is 0 Å². The first-order valence-electron chi connectivity index (χ1n) is 11.0. The molecule has 0 N–H and O–H groups in total. The molecule has 0 bridgehead atoms. The molecule has 5 atom stereocenters. The van der Waals surface area contributed by atoms with Crippen LogP contribution in [0.15, 0.2) is 0 Å². The van der Waals surface area contributed by atoms with E-state index >= 15 is 0 Å². The lowest BCUT2D eigenvalue weighted by Gasteiger charge is -2.32. The Hall–Kier alpha value is 1.84. The van der Waals surface area contributed by atoms with Crippen LogP contribution >= 0.6 is 60.7 Å². The predicted octanol–water partition coefficient (Wildman–Crippen LogP) is 8.29. The normalized spacial score (nSPS) is 20.7. The molecule has 0 spiro atoms. The second-order valence-electron chi connectivity index (χ2n) is 7.16. The van der Waals surface area contributed by atoms with Crippen molar-refractivity contribution in [2.45, 2.75) is 94.1 Å². The fourth-order valence-corrected chi connectivity index (χ4v) is 7.30. The Morgan fingerprint density at radius 3 is 1.22 bits per heavy atom. The highest BCUT2D eigenvalue weighted by molar-refractivity contribution is 8.07. The molecule has 0 fully saturated rings. The first kappa shape index (κ1) is 33.8. The molecule has 13 heteroatoms. The first-order chi connectivity index (χ1) is 15.0. The van der Waals surface area contributed by atoms with Crippen molar-refractivity contribution in [1.82, 2.24) is 0 Å². The molecule has 6 nitrogen and oxygen atoms in total. The zero-order valence-corrected chi connectivity index (χ0v) is 25.1. The third kappa shape index (κ3) is 13.8. The summed E-state index contributed by atoms with van der Waals surface area (Å²) in [4.78, 5) is 0. The van der Waals surface area contributed by atoms with Crippen molar-refractivity contribution in [3.63, 3.8) is 0 Å². The van der Waals surface area contributed by atoms with Crippen LogP contribution in [-0.2, 0) is 39.0 Å². The Morgan fingerprint density at radius 2 is 0.938 bits per heavy atom. The summed E-state index contributed by atoms with van der Waals surface area (Å²) < 4.78 is 42.8. The van der Waals surface area contributed by atoms with Crippen LogP contribution in [0.5, 0.6) is 0 Å². The van der Waals surface area contributed by atoms with E-state index in [1.54, 1.807) is 6.92 Å². The van der Waals surface area contributed by atoms with Gasteiger partial charge in [-0.3, -0.25) is 9.09 Å². The van der Waals surface area contributed by atoms with Crippen molar-refractivity contribution in [2.75, 3.05) is 26.4 Å². The van der Waals surface area contributed by atoms with Crippen LogP contribution in [0.25, 0.3) is 0 Å². The fourth-order valence-electron chi connectivity index (χ4n) is 1.99. The van der Waals surface area contributed by atoms with Gasteiger partial charge in [-0.2, -0.15) is 0 Å². The summed E-state index contributed by atoms with van der Waals surface area (Å²) >= 11 is 30.4. The lowest BCUT2D eigenvalue weighted by atomic mass is 10.4. The number of hydrogen-bond acceptors (Lipinski definition) is 7. The van der Waals surface area contributed by atoms with Crippen molar-refractivity contribution in [3.05, 3.63) is 0 Å². The van der Waals surface area contributed by atoms with Gasteiger partial charge < -0.3 is 18.1 Å². The van der Waals surface area contributed by atoms with Crippen LogP contribution in [0, 0.1) is 0 Å². The minimum absolute atomic E-state index is 0.0258. The second-order valence-corrected chi connectivity index (χ2v) is 14.8. The highest BCUT2D eigenvalue weighted by Crippen LogP contribution is 2.62. The number of alkyl halides is 4. The Bertz CT molecular complexity index is 556. The third-order valence-electron chi connectivity index (χ3n) is 4.42. The van der Waals surface area contributed by atoms with E-state index in [0.717, 1.165) is 0 Å². The molecule has 0 heterocycles. The molecule has 0 amide bonds. The molecule has 0 aliphatic heterocycles. The van der Waals surface area contributed by atoms with Crippen molar-refractivity contribution in [3.8, 4) is 0 Å². The number of halogens is 4. The summed E-state index contributed by atoms with van der Waals surface area (Å²) in [5, 5.41) is -1.21. The largest absolute Gasteiger partial charge is 0.359 e. The molecule has 194 valence electrons. The SMILES string of the molecule is CCC(Cl)COP(=O)(OCC(Cl)CC)C(CC)OP(=S)(OCC(Cl)CC)OCC(Cl)CC. The average molecular weight is 598 g/mol. The monoisotopic (exact) mass is 596 g/mol. The highest BCUT2D eigenvalue weighted by Gasteiger charge is 2.41. The zero-order chi connectivity index (χ0) is 24.8. The molecule has 0 saturated carbocycles. The molecular formula is C19H38Cl4O6P2S. The molecule has 0 aromatic heterocycles. The standard InChI is InChI=1S/C19H38Cl4O6P2S/c1-6-15(20)11-25-30(24,26-12-16(21)7-2)19(10-5)29-31(32,27-13-17(22)8-3)28-14-18(23)9-4/h15-19H,6-14H2,1-5H3. The molecule has 0 aromatic carbocycles. The van der Waals surface area contributed by atoms with Crippen molar-refractivity contribution in [1.29, 1.82) is 0 Å². The second kappa shape index (κ2) is 18.1. The van der Waals surface area contributed by atoms with Gasteiger partial charge in [0.25, 0.3) is 0 Å². The van der Waals surface area contributed by atoms with Gasteiger partial charge in [0.15, 0.2) is 5.85 Å². The van der Waals surface area contributed by atoms with Crippen LogP contribution in [-0.4, -0.2) is 53.8 Å². The van der Waals surface area contributed by atoms with Crippen LogP contribution in [0.1, 0.15) is 66.7 Å². The Morgan fingerprint density at radius 1 is 0.625 bits per heavy atom. The maximum Gasteiger partial charge on any atom is 0.359 e. The van der Waals surface area contributed by atoms with Gasteiger partial charge in [0, 0.05) is 0 Å². The Balaban J connectivity index is 5.70. The summed E-state index contributed by atoms with van der Waals surface area (Å²) in [7, 11) is -3.82. The number of rotatable bonds is 20. The lowest BCUT2D eigenvalue weighted by Crippen LogP contribution is -2.22. The van der Waals surface area contributed by atoms with Gasteiger partial charge in [0.1, 0.15) is 0 Å². The predicted molar refractivity (Wildman–Crippen MR) is 141 cm³/mol. The smallest absolute Gasteiger partial charge is 0.307 e. The van der Waals surface area contributed by atoms with Gasteiger partial charge in [0.2, 0.25) is 0 Å². The van der Waals surface area contributed by atoms with Crippen molar-refractivity contribution < 1.29 is 27.2 Å². The maximum absolute atomic E-state index is 13.8. The van der Waals surface area contributed by atoms with Gasteiger partial charge in [-0.15, -0.1) is 46.4 Å². The molecule has 0 rings (SSSR count). The molecule has 0 aliphatic rings. The molecule has 0 saturated heterocycles. The maximum atomic E-state index is 13.8. The van der Waals surface area contributed by atoms with E-state index in [9.17, 15) is 4.57 Å². The lowest BCUT2D eigenvalue weighted by molar-refractivity contribution is 0.109. The Kier molecular flexibility index (Phi) is 19.2. The van der Waals surface area contributed by atoms with Crippen LogP contribution in [0.4, 0.5) is 0 Å². The molecular weight excluding hydrogens is 560 g/mol. The topological polar surface area (TPSA) is 63.2 Å². The van der Waals surface area contributed by atoms with Crippen LogP contribution in [0.2, 0.25) is 0 Å². The minimum atomic E-state index is -3.82. The van der Waals surface area contributed by atoms with Gasteiger partial charge in [0.05, 0.1) is 47.9 Å². The van der Waals surface area contributed by atoms with E-state index in [-0.39, 0.29) is 54.4 Å². The summed E-state index contributed by atoms with van der Waals surface area (Å²) in [6.07, 6.45) is 2.90. The number of hydrogen-bond donors (Lipinski definition) is 0. The summed E-state index contributed by atoms with van der Waals surface area (Å²) in [5.74, 6) is -1.03. The highest BCUT2D eigenvalue weighted by atomic mass is 35.5.